The predicted molar refractivity (Wildman–Crippen MR) is 106 cm³/mol. The molecule has 3 amide bonds. The first-order chi connectivity index (χ1) is 13.2. The van der Waals surface area contributed by atoms with Crippen LogP contribution in [0.5, 0.6) is 5.75 Å². The highest BCUT2D eigenvalue weighted by Gasteiger charge is 2.64. The molecule has 0 aliphatic carbocycles. The lowest BCUT2D eigenvalue weighted by atomic mass is 9.96. The number of aliphatic carboxylic acids is 1. The maximum Gasteiger partial charge on any atom is 0.327 e. The molecule has 28 heavy (non-hydrogen) atoms. The number of carboxylic acids is 1. The summed E-state index contributed by atoms with van der Waals surface area (Å²) in [5.74, 6) is -0.634. The standard InChI is InChI=1S/C19H23N3O5S/c1-4-27-12-7-5-11(6-8-12)9-10-20-18(26)21-13-15(23)22-14(17(24)25)19(2,3)28-16(13)22/h5-10,13-14,16H,4H2,1-3H3,(H,24,25)(H2,20,21,26)/b10-9+/t13?,14-,16?/m0/s1. The van der Waals surface area contributed by atoms with E-state index in [0.29, 0.717) is 6.61 Å². The zero-order chi connectivity index (χ0) is 20.5. The van der Waals surface area contributed by atoms with Crippen LogP contribution in [-0.2, 0) is 9.59 Å². The second kappa shape index (κ2) is 7.75. The van der Waals surface area contributed by atoms with Gasteiger partial charge in [-0.1, -0.05) is 12.1 Å². The topological polar surface area (TPSA) is 108 Å². The van der Waals surface area contributed by atoms with Crippen LogP contribution in [0.3, 0.4) is 0 Å². The number of rotatable bonds is 6. The number of urea groups is 1. The fraction of sp³-hybridized carbons (Fsp3) is 0.421. The Kier molecular flexibility index (Phi) is 5.55. The normalized spacial score (nSPS) is 25.2. The van der Waals surface area contributed by atoms with Crippen LogP contribution in [0.1, 0.15) is 26.3 Å². The molecular formula is C19H23N3O5S. The summed E-state index contributed by atoms with van der Waals surface area (Å²) in [6.45, 7) is 6.09. The van der Waals surface area contributed by atoms with Crippen molar-refractivity contribution in [3.63, 3.8) is 0 Å². The van der Waals surface area contributed by atoms with E-state index in [2.05, 4.69) is 10.6 Å². The highest BCUT2D eigenvalue weighted by Crippen LogP contribution is 2.50. The van der Waals surface area contributed by atoms with Gasteiger partial charge < -0.3 is 25.4 Å². The van der Waals surface area contributed by atoms with E-state index in [1.807, 2.05) is 31.2 Å². The summed E-state index contributed by atoms with van der Waals surface area (Å²) in [6, 6.07) is 5.25. The number of amides is 3. The summed E-state index contributed by atoms with van der Waals surface area (Å²) < 4.78 is 4.75. The third kappa shape index (κ3) is 3.80. The highest BCUT2D eigenvalue weighted by atomic mass is 32.2. The van der Waals surface area contributed by atoms with Gasteiger partial charge in [-0.25, -0.2) is 9.59 Å². The minimum atomic E-state index is -1.03. The van der Waals surface area contributed by atoms with E-state index in [1.165, 1.54) is 22.9 Å². The van der Waals surface area contributed by atoms with Crippen LogP contribution in [0, 0.1) is 0 Å². The molecule has 2 saturated heterocycles. The maximum absolute atomic E-state index is 12.3. The highest BCUT2D eigenvalue weighted by molar-refractivity contribution is 8.01. The summed E-state index contributed by atoms with van der Waals surface area (Å²) in [6.07, 6.45) is 3.20. The molecule has 2 aliphatic heterocycles. The number of thioether (sulfide) groups is 1. The molecule has 2 fully saturated rings. The number of hydrogen-bond donors (Lipinski definition) is 3. The van der Waals surface area contributed by atoms with E-state index in [-0.39, 0.29) is 11.3 Å². The smallest absolute Gasteiger partial charge is 0.327 e. The lowest BCUT2D eigenvalue weighted by Gasteiger charge is -2.43. The molecule has 8 nitrogen and oxygen atoms in total. The summed E-state index contributed by atoms with van der Waals surface area (Å²) in [5, 5.41) is 14.2. The van der Waals surface area contributed by atoms with E-state index in [9.17, 15) is 19.5 Å². The first-order valence-electron chi connectivity index (χ1n) is 8.94. The number of β-lactam (4-membered cyclic amide) rings is 1. The Morgan fingerprint density at radius 1 is 1.32 bits per heavy atom. The molecule has 0 aromatic heterocycles. The van der Waals surface area contributed by atoms with Gasteiger partial charge in [0.15, 0.2) is 0 Å². The second-order valence-corrected chi connectivity index (χ2v) is 8.80. The Morgan fingerprint density at radius 2 is 2.00 bits per heavy atom. The number of nitrogens with one attached hydrogen (secondary N) is 2. The van der Waals surface area contributed by atoms with Gasteiger partial charge in [0.2, 0.25) is 5.91 Å². The van der Waals surface area contributed by atoms with Gasteiger partial charge in [-0.15, -0.1) is 11.8 Å². The molecule has 2 heterocycles. The van der Waals surface area contributed by atoms with Crippen molar-refractivity contribution >= 4 is 35.7 Å². The van der Waals surface area contributed by atoms with Gasteiger partial charge in [0.1, 0.15) is 23.2 Å². The monoisotopic (exact) mass is 405 g/mol. The summed E-state index contributed by atoms with van der Waals surface area (Å²) in [7, 11) is 0. The number of ether oxygens (including phenoxy) is 1. The van der Waals surface area contributed by atoms with Crippen LogP contribution in [0.4, 0.5) is 4.79 Å². The van der Waals surface area contributed by atoms with Crippen LogP contribution in [0.15, 0.2) is 30.5 Å². The van der Waals surface area contributed by atoms with E-state index in [0.717, 1.165) is 11.3 Å². The Labute approximate surface area is 167 Å². The van der Waals surface area contributed by atoms with Crippen molar-refractivity contribution in [2.75, 3.05) is 6.61 Å². The van der Waals surface area contributed by atoms with Crippen LogP contribution >= 0.6 is 11.8 Å². The van der Waals surface area contributed by atoms with Crippen molar-refractivity contribution in [1.82, 2.24) is 15.5 Å². The van der Waals surface area contributed by atoms with Crippen molar-refractivity contribution in [2.45, 2.75) is 43.0 Å². The van der Waals surface area contributed by atoms with Crippen molar-refractivity contribution in [3.8, 4) is 5.75 Å². The van der Waals surface area contributed by atoms with E-state index in [4.69, 9.17) is 4.74 Å². The predicted octanol–water partition coefficient (Wildman–Crippen LogP) is 1.87. The Bertz CT molecular complexity index is 808. The minimum Gasteiger partial charge on any atom is -0.494 e. The third-order valence-electron chi connectivity index (χ3n) is 4.64. The van der Waals surface area contributed by atoms with Gasteiger partial charge >= 0.3 is 12.0 Å². The molecule has 9 heteroatoms. The first kappa shape index (κ1) is 20.1. The second-order valence-electron chi connectivity index (χ2n) is 7.03. The molecule has 150 valence electrons. The number of benzene rings is 1. The number of nitrogens with zero attached hydrogens (tertiary/aromatic N) is 1. The van der Waals surface area contributed by atoms with Crippen LogP contribution in [0.2, 0.25) is 0 Å². The van der Waals surface area contributed by atoms with Crippen molar-refractivity contribution in [1.29, 1.82) is 0 Å². The molecule has 1 aromatic carbocycles. The lowest BCUT2D eigenvalue weighted by molar-refractivity contribution is -0.159. The number of hydrogen-bond acceptors (Lipinski definition) is 5. The van der Waals surface area contributed by atoms with Gasteiger partial charge in [-0.3, -0.25) is 4.79 Å². The van der Waals surface area contributed by atoms with Crippen molar-refractivity contribution < 1.29 is 24.2 Å². The Balaban J connectivity index is 1.53. The summed E-state index contributed by atoms with van der Waals surface area (Å²) in [5.41, 5.74) is 0.882. The van der Waals surface area contributed by atoms with Gasteiger partial charge in [-0.05, 0) is 44.5 Å². The Morgan fingerprint density at radius 3 is 2.61 bits per heavy atom. The van der Waals surface area contributed by atoms with Gasteiger partial charge in [-0.2, -0.15) is 0 Å². The average molecular weight is 405 g/mol. The van der Waals surface area contributed by atoms with Gasteiger partial charge in [0.25, 0.3) is 0 Å². The van der Waals surface area contributed by atoms with Crippen LogP contribution in [-0.4, -0.2) is 56.7 Å². The molecule has 3 atom stereocenters. The zero-order valence-electron chi connectivity index (χ0n) is 15.8. The molecule has 3 rings (SSSR count). The Hall–Kier alpha value is -2.68. The van der Waals surface area contributed by atoms with Crippen LogP contribution < -0.4 is 15.4 Å². The van der Waals surface area contributed by atoms with E-state index >= 15 is 0 Å². The SMILES string of the molecule is CCOc1ccc(/C=C/NC(=O)NC2C(=O)N3C2SC(C)(C)[C@@H]3C(=O)O)cc1. The molecule has 2 aliphatic rings. The van der Waals surface area contributed by atoms with Crippen molar-refractivity contribution in [3.05, 3.63) is 36.0 Å². The molecule has 3 N–H and O–H groups in total. The molecule has 0 radical (unpaired) electrons. The quantitative estimate of drug-likeness (QED) is 0.624. The molecular weight excluding hydrogens is 382 g/mol. The zero-order valence-corrected chi connectivity index (χ0v) is 16.7. The number of carboxylic acid groups (broad SMARTS) is 1. The number of fused-ring (bicyclic) bond motifs is 1. The molecule has 0 bridgehead atoms. The molecule has 0 saturated carbocycles. The van der Waals surface area contributed by atoms with E-state index in [1.54, 1.807) is 19.9 Å². The van der Waals surface area contributed by atoms with Crippen molar-refractivity contribution in [2.24, 2.45) is 0 Å². The fourth-order valence-corrected chi connectivity index (χ4v) is 5.01. The number of carbonyl (C=O) groups excluding carboxylic acids is 2. The lowest BCUT2D eigenvalue weighted by Crippen LogP contribution is -2.71. The van der Waals surface area contributed by atoms with Gasteiger partial charge in [0.05, 0.1) is 6.61 Å². The molecule has 0 spiro atoms. The molecule has 1 aromatic rings. The fourth-order valence-electron chi connectivity index (χ4n) is 3.38. The minimum absolute atomic E-state index is 0.371. The number of carbonyl (C=O) groups is 3. The average Bonchev–Trinajstić information content (AvgIpc) is 2.89. The summed E-state index contributed by atoms with van der Waals surface area (Å²) in [4.78, 5) is 37.3. The first-order valence-corrected chi connectivity index (χ1v) is 9.82. The summed E-state index contributed by atoms with van der Waals surface area (Å²) >= 11 is 1.39. The maximum atomic E-state index is 12.3. The molecule has 2 unspecified atom stereocenters. The van der Waals surface area contributed by atoms with Gasteiger partial charge in [0, 0.05) is 10.9 Å². The largest absolute Gasteiger partial charge is 0.494 e. The van der Waals surface area contributed by atoms with Crippen LogP contribution in [0.25, 0.3) is 6.08 Å². The third-order valence-corrected chi connectivity index (χ3v) is 6.21. The van der Waals surface area contributed by atoms with E-state index < -0.39 is 28.8 Å².